The van der Waals surface area contributed by atoms with Gasteiger partial charge < -0.3 is 4.29 Å². The van der Waals surface area contributed by atoms with E-state index in [1.165, 1.54) is 0 Å². The van der Waals surface area contributed by atoms with Crippen LogP contribution in [0.25, 0.3) is 0 Å². The summed E-state index contributed by atoms with van der Waals surface area (Å²) in [5.74, 6) is 0. The van der Waals surface area contributed by atoms with Crippen LogP contribution >= 0.6 is 11.9 Å². The Morgan fingerprint density at radius 3 is 2.88 bits per heavy atom. The van der Waals surface area contributed by atoms with Gasteiger partial charge in [0.1, 0.15) is 11.9 Å². The zero-order chi connectivity index (χ0) is 6.24. The van der Waals surface area contributed by atoms with Gasteiger partial charge in [-0.15, -0.1) is 5.10 Å². The molecule has 0 aromatic carbocycles. The SMILES string of the molecule is CC/C=N/N=C/OCl. The summed E-state index contributed by atoms with van der Waals surface area (Å²) in [6, 6.07) is 0. The molecule has 0 fully saturated rings. The van der Waals surface area contributed by atoms with Gasteiger partial charge >= 0.3 is 0 Å². The van der Waals surface area contributed by atoms with E-state index in [9.17, 15) is 0 Å². The summed E-state index contributed by atoms with van der Waals surface area (Å²) in [6.07, 6.45) is 3.56. The van der Waals surface area contributed by atoms with Gasteiger partial charge in [-0.2, -0.15) is 5.10 Å². The van der Waals surface area contributed by atoms with Gasteiger partial charge in [-0.25, -0.2) is 0 Å². The van der Waals surface area contributed by atoms with E-state index < -0.39 is 0 Å². The average Bonchev–Trinajstić information content (AvgIpc) is 1.81. The van der Waals surface area contributed by atoms with Crippen LogP contribution < -0.4 is 0 Å². The van der Waals surface area contributed by atoms with Crippen LogP contribution in [0.2, 0.25) is 0 Å². The van der Waals surface area contributed by atoms with Crippen molar-refractivity contribution < 1.29 is 4.29 Å². The van der Waals surface area contributed by atoms with Crippen LogP contribution in [0.15, 0.2) is 10.2 Å². The number of hydrogen-bond donors (Lipinski definition) is 0. The lowest BCUT2D eigenvalue weighted by molar-refractivity contribution is 0.640. The van der Waals surface area contributed by atoms with E-state index >= 15 is 0 Å². The van der Waals surface area contributed by atoms with Crippen LogP contribution in [0.4, 0.5) is 0 Å². The second kappa shape index (κ2) is 6.43. The summed E-state index contributed by atoms with van der Waals surface area (Å²) in [4.78, 5) is 0. The largest absolute Gasteiger partial charge is 0.371 e. The van der Waals surface area contributed by atoms with Crippen molar-refractivity contribution in [1.29, 1.82) is 0 Å². The molecular formula is C4H7ClN2O. The Kier molecular flexibility index (Phi) is 5.97. The Balaban J connectivity index is 3.13. The second-order valence-electron chi connectivity index (χ2n) is 1.02. The van der Waals surface area contributed by atoms with E-state index in [1.54, 1.807) is 6.21 Å². The molecule has 0 N–H and O–H groups in total. The smallest absolute Gasteiger partial charge is 0.220 e. The van der Waals surface area contributed by atoms with Gasteiger partial charge in [0.25, 0.3) is 0 Å². The zero-order valence-corrected chi connectivity index (χ0v) is 5.30. The van der Waals surface area contributed by atoms with Crippen LogP contribution in [-0.4, -0.2) is 12.6 Å². The molecule has 0 heterocycles. The first-order chi connectivity index (χ1) is 3.91. The second-order valence-corrected chi connectivity index (χ2v) is 1.19. The van der Waals surface area contributed by atoms with E-state index in [4.69, 9.17) is 11.9 Å². The van der Waals surface area contributed by atoms with Gasteiger partial charge in [0, 0.05) is 6.21 Å². The fourth-order valence-corrected chi connectivity index (χ4v) is 0.209. The maximum absolute atomic E-state index is 4.76. The molecule has 4 heteroatoms. The lowest BCUT2D eigenvalue weighted by atomic mass is 10.6. The zero-order valence-electron chi connectivity index (χ0n) is 4.54. The third-order valence-corrected chi connectivity index (χ3v) is 0.498. The van der Waals surface area contributed by atoms with E-state index in [-0.39, 0.29) is 0 Å². The molecule has 0 bridgehead atoms. The highest BCUT2D eigenvalue weighted by Crippen LogP contribution is 1.74. The maximum Gasteiger partial charge on any atom is 0.220 e. The lowest BCUT2D eigenvalue weighted by Crippen LogP contribution is -1.68. The first-order valence-electron chi connectivity index (χ1n) is 2.22. The van der Waals surface area contributed by atoms with E-state index in [1.807, 2.05) is 6.92 Å². The highest BCUT2D eigenvalue weighted by atomic mass is 35.5. The van der Waals surface area contributed by atoms with Gasteiger partial charge in [-0.05, 0) is 6.42 Å². The molecule has 0 rings (SSSR count). The van der Waals surface area contributed by atoms with Crippen LogP contribution in [0, 0.1) is 0 Å². The molecule has 0 spiro atoms. The summed E-state index contributed by atoms with van der Waals surface area (Å²) in [5, 5.41) is 6.88. The third-order valence-electron chi connectivity index (χ3n) is 0.418. The molecule has 0 saturated carbocycles. The minimum absolute atomic E-state index is 0.861. The Morgan fingerprint density at radius 2 is 2.38 bits per heavy atom. The summed E-state index contributed by atoms with van der Waals surface area (Å²) in [6.45, 7) is 1.96. The van der Waals surface area contributed by atoms with Gasteiger partial charge in [0.2, 0.25) is 6.40 Å². The predicted octanol–water partition coefficient (Wildman–Crippen LogP) is 1.58. The molecule has 0 atom stereocenters. The van der Waals surface area contributed by atoms with Crippen molar-refractivity contribution in [2.45, 2.75) is 13.3 Å². The Hall–Kier alpha value is -0.570. The molecule has 0 radical (unpaired) electrons. The fraction of sp³-hybridized carbons (Fsp3) is 0.500. The van der Waals surface area contributed by atoms with Crippen LogP contribution in [0.3, 0.4) is 0 Å². The van der Waals surface area contributed by atoms with Crippen LogP contribution in [-0.2, 0) is 4.29 Å². The summed E-state index contributed by atoms with van der Waals surface area (Å²) in [7, 11) is 0. The quantitative estimate of drug-likeness (QED) is 0.328. The molecule has 0 amide bonds. The van der Waals surface area contributed by atoms with Gasteiger partial charge in [0.15, 0.2) is 0 Å². The first-order valence-corrected chi connectivity index (χ1v) is 2.53. The number of nitrogens with zero attached hydrogens (tertiary/aromatic N) is 2. The topological polar surface area (TPSA) is 34.0 Å². The molecule has 0 aliphatic carbocycles. The van der Waals surface area contributed by atoms with Gasteiger partial charge in [0.05, 0.1) is 0 Å². The standard InChI is InChI=1S/C4H7ClN2O/c1-2-3-6-7-4-8-5/h3-4H,2H2,1H3/b6-3+,7-4+. The Labute approximate surface area is 53.2 Å². The molecule has 0 aromatic rings. The number of hydrogen-bond acceptors (Lipinski definition) is 3. The van der Waals surface area contributed by atoms with E-state index in [0.717, 1.165) is 12.8 Å². The number of halogens is 1. The Bertz CT molecular complexity index is 80.0. The van der Waals surface area contributed by atoms with Crippen molar-refractivity contribution in [3.8, 4) is 0 Å². The van der Waals surface area contributed by atoms with Crippen LogP contribution in [0.1, 0.15) is 13.3 Å². The highest BCUT2D eigenvalue weighted by Gasteiger charge is 1.63. The lowest BCUT2D eigenvalue weighted by Gasteiger charge is -1.74. The maximum atomic E-state index is 4.76. The first kappa shape index (κ1) is 7.43. The average molecular weight is 135 g/mol. The van der Waals surface area contributed by atoms with Gasteiger partial charge in [-0.3, -0.25) is 0 Å². The molecule has 8 heavy (non-hydrogen) atoms. The van der Waals surface area contributed by atoms with Crippen molar-refractivity contribution in [2.75, 3.05) is 0 Å². The third kappa shape index (κ3) is 5.43. The fourth-order valence-electron chi connectivity index (χ4n) is 0.174. The summed E-state index contributed by atoms with van der Waals surface area (Å²) < 4.78 is 3.96. The van der Waals surface area contributed by atoms with E-state index in [2.05, 4.69) is 14.5 Å². The molecular weight excluding hydrogens is 128 g/mol. The minimum Gasteiger partial charge on any atom is -0.371 e. The van der Waals surface area contributed by atoms with Crippen molar-refractivity contribution in [1.82, 2.24) is 0 Å². The molecule has 46 valence electrons. The van der Waals surface area contributed by atoms with Crippen LogP contribution in [0.5, 0.6) is 0 Å². The van der Waals surface area contributed by atoms with Crippen molar-refractivity contribution >= 4 is 24.5 Å². The van der Waals surface area contributed by atoms with E-state index in [0.29, 0.717) is 0 Å². The normalized spacial score (nSPS) is 11.2. The molecule has 0 saturated heterocycles. The molecule has 0 aliphatic heterocycles. The molecule has 0 unspecified atom stereocenters. The minimum atomic E-state index is 0.861. The van der Waals surface area contributed by atoms with Crippen molar-refractivity contribution in [2.24, 2.45) is 10.2 Å². The molecule has 0 aromatic heterocycles. The molecule has 3 nitrogen and oxygen atoms in total. The summed E-state index contributed by atoms with van der Waals surface area (Å²) >= 11 is 4.76. The van der Waals surface area contributed by atoms with Crippen molar-refractivity contribution in [3.63, 3.8) is 0 Å². The number of rotatable bonds is 3. The summed E-state index contributed by atoms with van der Waals surface area (Å²) in [5.41, 5.74) is 0. The highest BCUT2D eigenvalue weighted by molar-refractivity contribution is 6.11. The van der Waals surface area contributed by atoms with Crippen molar-refractivity contribution in [3.05, 3.63) is 0 Å². The monoisotopic (exact) mass is 134 g/mol. The van der Waals surface area contributed by atoms with Gasteiger partial charge in [-0.1, -0.05) is 6.92 Å². The Morgan fingerprint density at radius 1 is 1.62 bits per heavy atom. The molecule has 0 aliphatic rings. The predicted molar refractivity (Wildman–Crippen MR) is 34.2 cm³/mol.